The second-order valence-corrected chi connectivity index (χ2v) is 6.82. The van der Waals surface area contributed by atoms with E-state index in [2.05, 4.69) is 15.9 Å². The topological polar surface area (TPSA) is 49.8 Å². The molecule has 1 aromatic carbocycles. The second-order valence-electron chi connectivity index (χ2n) is 5.97. The molecule has 2 rings (SSSR count). The number of likely N-dealkylation sites (tertiary alicyclic amines) is 1. The number of halogens is 2. The van der Waals surface area contributed by atoms with Gasteiger partial charge in [0, 0.05) is 5.56 Å². The van der Waals surface area contributed by atoms with Crippen molar-refractivity contribution in [2.24, 2.45) is 0 Å². The van der Waals surface area contributed by atoms with E-state index in [0.29, 0.717) is 4.47 Å². The molecule has 0 aromatic heterocycles. The van der Waals surface area contributed by atoms with E-state index in [4.69, 9.17) is 4.74 Å². The molecule has 0 aliphatic carbocycles. The highest BCUT2D eigenvalue weighted by Gasteiger charge is 2.48. The van der Waals surface area contributed by atoms with Gasteiger partial charge in [-0.3, -0.25) is 0 Å². The minimum atomic E-state index is -1.36. The second kappa shape index (κ2) is 5.00. The van der Waals surface area contributed by atoms with Crippen molar-refractivity contribution in [2.75, 3.05) is 13.1 Å². The fraction of sp³-hybridized carbons (Fsp3) is 0.500. The first kappa shape index (κ1) is 15.3. The Morgan fingerprint density at radius 3 is 2.60 bits per heavy atom. The van der Waals surface area contributed by atoms with Crippen molar-refractivity contribution in [1.82, 2.24) is 4.90 Å². The fourth-order valence-corrected chi connectivity index (χ4v) is 2.44. The maximum Gasteiger partial charge on any atom is 0.410 e. The number of hydrogen-bond donors (Lipinski definition) is 1. The average Bonchev–Trinajstić information content (AvgIpc) is 2.26. The zero-order valence-corrected chi connectivity index (χ0v) is 13.2. The Morgan fingerprint density at radius 1 is 1.45 bits per heavy atom. The largest absolute Gasteiger partial charge is 0.444 e. The number of nitrogens with zero attached hydrogens (tertiary/aromatic N) is 1. The van der Waals surface area contributed by atoms with Crippen molar-refractivity contribution in [3.63, 3.8) is 0 Å². The van der Waals surface area contributed by atoms with Gasteiger partial charge in [-0.15, -0.1) is 0 Å². The third-order valence-corrected chi connectivity index (χ3v) is 3.62. The van der Waals surface area contributed by atoms with Gasteiger partial charge in [-0.05, 0) is 42.8 Å². The summed E-state index contributed by atoms with van der Waals surface area (Å²) in [5, 5.41) is 10.4. The molecular weight excluding hydrogens is 329 g/mol. The van der Waals surface area contributed by atoms with Crippen LogP contribution >= 0.6 is 15.9 Å². The molecule has 1 amide bonds. The molecule has 1 N–H and O–H groups in total. The lowest BCUT2D eigenvalue weighted by Crippen LogP contribution is -2.62. The van der Waals surface area contributed by atoms with Gasteiger partial charge in [-0.25, -0.2) is 9.18 Å². The van der Waals surface area contributed by atoms with Crippen LogP contribution in [0.5, 0.6) is 0 Å². The molecule has 1 heterocycles. The van der Waals surface area contributed by atoms with Crippen LogP contribution in [0.1, 0.15) is 26.3 Å². The van der Waals surface area contributed by atoms with Crippen molar-refractivity contribution in [3.05, 3.63) is 34.1 Å². The van der Waals surface area contributed by atoms with Crippen LogP contribution in [-0.2, 0) is 10.3 Å². The molecule has 0 unspecified atom stereocenters. The molecule has 0 spiro atoms. The number of aliphatic hydroxyl groups is 1. The number of β-amino-alcohol motifs (C(OH)–C–C–N with tert-alkyl or cyclic N) is 1. The number of benzene rings is 1. The zero-order valence-electron chi connectivity index (χ0n) is 11.6. The third-order valence-electron chi connectivity index (χ3n) is 3.01. The monoisotopic (exact) mass is 345 g/mol. The fourth-order valence-electron chi connectivity index (χ4n) is 2.07. The average molecular weight is 346 g/mol. The number of rotatable bonds is 1. The number of hydrogen-bond acceptors (Lipinski definition) is 3. The lowest BCUT2D eigenvalue weighted by Gasteiger charge is -2.46. The van der Waals surface area contributed by atoms with Gasteiger partial charge in [-0.2, -0.15) is 0 Å². The molecule has 4 nitrogen and oxygen atoms in total. The highest BCUT2D eigenvalue weighted by atomic mass is 79.9. The van der Waals surface area contributed by atoms with Crippen molar-refractivity contribution in [1.29, 1.82) is 0 Å². The predicted molar refractivity (Wildman–Crippen MR) is 75.8 cm³/mol. The number of carbonyl (C=O) groups excluding carboxylic acids is 1. The predicted octanol–water partition coefficient (Wildman–Crippen LogP) is 3.03. The molecule has 0 bridgehead atoms. The van der Waals surface area contributed by atoms with Crippen LogP contribution in [0.3, 0.4) is 0 Å². The minimum absolute atomic E-state index is 0.0231. The molecule has 1 aliphatic heterocycles. The van der Waals surface area contributed by atoms with Gasteiger partial charge in [0.25, 0.3) is 0 Å². The normalized spacial score (nSPS) is 17.6. The van der Waals surface area contributed by atoms with E-state index in [1.807, 2.05) is 0 Å². The van der Waals surface area contributed by atoms with Gasteiger partial charge in [0.1, 0.15) is 17.0 Å². The van der Waals surface area contributed by atoms with Gasteiger partial charge in [0.15, 0.2) is 0 Å². The molecule has 0 radical (unpaired) electrons. The van der Waals surface area contributed by atoms with Crippen molar-refractivity contribution in [2.45, 2.75) is 32.0 Å². The van der Waals surface area contributed by atoms with Gasteiger partial charge in [0.2, 0.25) is 0 Å². The number of ether oxygens (including phenoxy) is 1. The van der Waals surface area contributed by atoms with E-state index < -0.39 is 23.1 Å². The molecule has 1 aliphatic rings. The van der Waals surface area contributed by atoms with E-state index in [9.17, 15) is 14.3 Å². The Kier molecular flexibility index (Phi) is 3.81. The Morgan fingerprint density at radius 2 is 2.05 bits per heavy atom. The zero-order chi connectivity index (χ0) is 15.1. The summed E-state index contributed by atoms with van der Waals surface area (Å²) < 4.78 is 19.5. The van der Waals surface area contributed by atoms with Crippen LogP contribution in [0.2, 0.25) is 0 Å². The van der Waals surface area contributed by atoms with Crippen molar-refractivity contribution >= 4 is 22.0 Å². The molecular formula is C14H17BrFNO3. The Balaban J connectivity index is 2.08. The molecule has 20 heavy (non-hydrogen) atoms. The molecule has 1 fully saturated rings. The van der Waals surface area contributed by atoms with E-state index in [0.717, 1.165) is 0 Å². The smallest absolute Gasteiger partial charge is 0.410 e. The Bertz CT molecular complexity index is 536. The quantitative estimate of drug-likeness (QED) is 0.850. The summed E-state index contributed by atoms with van der Waals surface area (Å²) >= 11 is 3.08. The van der Waals surface area contributed by atoms with Crippen molar-refractivity contribution < 1.29 is 19.0 Å². The van der Waals surface area contributed by atoms with E-state index in [1.54, 1.807) is 32.9 Å². The summed E-state index contributed by atoms with van der Waals surface area (Å²) in [5.41, 5.74) is -1.76. The highest BCUT2D eigenvalue weighted by Crippen LogP contribution is 2.36. The summed E-state index contributed by atoms with van der Waals surface area (Å²) in [7, 11) is 0. The van der Waals surface area contributed by atoms with Crippen LogP contribution in [0.15, 0.2) is 22.7 Å². The first-order valence-electron chi connectivity index (χ1n) is 6.27. The van der Waals surface area contributed by atoms with Gasteiger partial charge in [0.05, 0.1) is 17.6 Å². The van der Waals surface area contributed by atoms with E-state index in [-0.39, 0.29) is 18.7 Å². The summed E-state index contributed by atoms with van der Waals surface area (Å²) in [4.78, 5) is 13.2. The first-order chi connectivity index (χ1) is 9.12. The molecule has 0 saturated carbocycles. The van der Waals surface area contributed by atoms with E-state index in [1.165, 1.54) is 11.0 Å². The molecule has 110 valence electrons. The molecule has 6 heteroatoms. The summed E-state index contributed by atoms with van der Waals surface area (Å²) in [6.45, 7) is 5.35. The van der Waals surface area contributed by atoms with Crippen molar-refractivity contribution in [3.8, 4) is 0 Å². The SMILES string of the molecule is CC(C)(C)OC(=O)N1CC(O)(c2cccc(Br)c2F)C1. The van der Waals surface area contributed by atoms with Gasteiger partial charge < -0.3 is 14.7 Å². The standard InChI is InChI=1S/C14H17BrFNO3/c1-13(2,3)20-12(18)17-7-14(19,8-17)9-5-4-6-10(15)11(9)16/h4-6,19H,7-8H2,1-3H3. The number of amides is 1. The summed E-state index contributed by atoms with van der Waals surface area (Å²) in [6.07, 6.45) is -0.502. The number of carbonyl (C=O) groups is 1. The minimum Gasteiger partial charge on any atom is -0.444 e. The first-order valence-corrected chi connectivity index (χ1v) is 7.06. The third kappa shape index (κ3) is 2.96. The Hall–Kier alpha value is -1.14. The van der Waals surface area contributed by atoms with Crippen LogP contribution in [0.25, 0.3) is 0 Å². The lowest BCUT2D eigenvalue weighted by atomic mass is 9.86. The lowest BCUT2D eigenvalue weighted by molar-refractivity contribution is -0.105. The summed E-state index contributed by atoms with van der Waals surface area (Å²) in [5.74, 6) is -0.501. The maximum atomic E-state index is 14.0. The van der Waals surface area contributed by atoms with Crippen LogP contribution in [-0.4, -0.2) is 34.8 Å². The van der Waals surface area contributed by atoms with Crippen LogP contribution in [0, 0.1) is 5.82 Å². The van der Waals surface area contributed by atoms with Crippen LogP contribution < -0.4 is 0 Å². The Labute approximate surface area is 125 Å². The van der Waals surface area contributed by atoms with Gasteiger partial charge >= 0.3 is 6.09 Å². The summed E-state index contributed by atoms with van der Waals surface area (Å²) in [6, 6.07) is 4.73. The highest BCUT2D eigenvalue weighted by molar-refractivity contribution is 9.10. The van der Waals surface area contributed by atoms with Crippen LogP contribution in [0.4, 0.5) is 9.18 Å². The molecule has 1 saturated heterocycles. The molecule has 0 atom stereocenters. The van der Waals surface area contributed by atoms with Gasteiger partial charge in [-0.1, -0.05) is 12.1 Å². The van der Waals surface area contributed by atoms with E-state index >= 15 is 0 Å². The maximum absolute atomic E-state index is 14.0. The molecule has 1 aromatic rings.